The summed E-state index contributed by atoms with van der Waals surface area (Å²) in [6.07, 6.45) is 3.64. The van der Waals surface area contributed by atoms with E-state index in [0.717, 1.165) is 37.1 Å². The summed E-state index contributed by atoms with van der Waals surface area (Å²) >= 11 is 0. The van der Waals surface area contributed by atoms with Crippen molar-refractivity contribution in [1.29, 1.82) is 0 Å². The van der Waals surface area contributed by atoms with E-state index in [1.165, 1.54) is 0 Å². The quantitative estimate of drug-likeness (QED) is 0.729. The highest BCUT2D eigenvalue weighted by molar-refractivity contribution is 5.41. The van der Waals surface area contributed by atoms with Gasteiger partial charge >= 0.3 is 0 Å². The minimum atomic E-state index is -0.323. The highest BCUT2D eigenvalue weighted by atomic mass is 16.5. The first kappa shape index (κ1) is 10.3. The molecule has 0 unspecified atom stereocenters. The van der Waals surface area contributed by atoms with Crippen molar-refractivity contribution in [3.05, 3.63) is 24.3 Å². The standard InChI is InChI=1S/C12H17NO2/c13-9-5-7-10(8-6-9)15-12-4-2-1-3-11(12)14/h5-8,11-12,14H,1-4,13H2/t11-,12-/m1/s1. The van der Waals surface area contributed by atoms with Gasteiger partial charge in [-0.1, -0.05) is 6.42 Å². The maximum atomic E-state index is 9.74. The smallest absolute Gasteiger partial charge is 0.124 e. The van der Waals surface area contributed by atoms with Gasteiger partial charge in [0.1, 0.15) is 11.9 Å². The third kappa shape index (κ3) is 2.63. The third-order valence-corrected chi connectivity index (χ3v) is 2.84. The summed E-state index contributed by atoms with van der Waals surface area (Å²) in [5, 5.41) is 9.74. The fraction of sp³-hybridized carbons (Fsp3) is 0.500. The molecule has 3 nitrogen and oxygen atoms in total. The number of hydrogen-bond acceptors (Lipinski definition) is 3. The highest BCUT2D eigenvalue weighted by Gasteiger charge is 2.24. The van der Waals surface area contributed by atoms with E-state index in [1.54, 1.807) is 0 Å². The number of nitrogen functional groups attached to an aromatic ring is 1. The molecule has 0 amide bonds. The van der Waals surface area contributed by atoms with Crippen LogP contribution in [0.1, 0.15) is 25.7 Å². The summed E-state index contributed by atoms with van der Waals surface area (Å²) < 4.78 is 5.72. The number of aliphatic hydroxyl groups is 1. The molecule has 0 saturated heterocycles. The van der Waals surface area contributed by atoms with Crippen molar-refractivity contribution >= 4 is 5.69 Å². The molecule has 82 valence electrons. The zero-order valence-corrected chi connectivity index (χ0v) is 8.73. The van der Waals surface area contributed by atoms with Gasteiger partial charge in [0.25, 0.3) is 0 Å². The largest absolute Gasteiger partial charge is 0.488 e. The molecule has 1 aliphatic carbocycles. The van der Waals surface area contributed by atoms with Gasteiger partial charge in [0, 0.05) is 5.69 Å². The van der Waals surface area contributed by atoms with E-state index in [-0.39, 0.29) is 12.2 Å². The molecule has 0 bridgehead atoms. The predicted octanol–water partition coefficient (Wildman–Crippen LogP) is 1.95. The molecule has 3 N–H and O–H groups in total. The van der Waals surface area contributed by atoms with Crippen molar-refractivity contribution in [3.8, 4) is 5.75 Å². The van der Waals surface area contributed by atoms with Crippen molar-refractivity contribution in [2.45, 2.75) is 37.9 Å². The Bertz CT molecular complexity index is 310. The first-order valence-corrected chi connectivity index (χ1v) is 5.46. The summed E-state index contributed by atoms with van der Waals surface area (Å²) in [6, 6.07) is 7.31. The monoisotopic (exact) mass is 207 g/mol. The lowest BCUT2D eigenvalue weighted by molar-refractivity contribution is 0.00688. The van der Waals surface area contributed by atoms with Crippen LogP contribution >= 0.6 is 0 Å². The topological polar surface area (TPSA) is 55.5 Å². The van der Waals surface area contributed by atoms with Crippen LogP contribution in [0.15, 0.2) is 24.3 Å². The van der Waals surface area contributed by atoms with Gasteiger partial charge in [-0.2, -0.15) is 0 Å². The third-order valence-electron chi connectivity index (χ3n) is 2.84. The van der Waals surface area contributed by atoms with Crippen molar-refractivity contribution in [1.82, 2.24) is 0 Å². The molecule has 0 heterocycles. The predicted molar refractivity (Wildman–Crippen MR) is 59.7 cm³/mol. The molecule has 1 aromatic carbocycles. The van der Waals surface area contributed by atoms with Crippen molar-refractivity contribution in [2.24, 2.45) is 0 Å². The van der Waals surface area contributed by atoms with E-state index in [4.69, 9.17) is 10.5 Å². The van der Waals surface area contributed by atoms with Crippen LogP contribution in [0.4, 0.5) is 5.69 Å². The van der Waals surface area contributed by atoms with E-state index in [2.05, 4.69) is 0 Å². The fourth-order valence-corrected chi connectivity index (χ4v) is 1.94. The second-order valence-electron chi connectivity index (χ2n) is 4.08. The Morgan fingerprint density at radius 1 is 1.13 bits per heavy atom. The van der Waals surface area contributed by atoms with E-state index in [9.17, 15) is 5.11 Å². The van der Waals surface area contributed by atoms with Crippen LogP contribution in [-0.4, -0.2) is 17.3 Å². The Kier molecular flexibility index (Phi) is 3.11. The van der Waals surface area contributed by atoms with Crippen LogP contribution in [0.2, 0.25) is 0 Å². The first-order chi connectivity index (χ1) is 7.25. The molecule has 2 atom stereocenters. The SMILES string of the molecule is Nc1ccc(O[C@@H]2CCCC[C@H]2O)cc1. The highest BCUT2D eigenvalue weighted by Crippen LogP contribution is 2.24. The summed E-state index contributed by atoms with van der Waals surface area (Å²) in [6.45, 7) is 0. The average molecular weight is 207 g/mol. The molecule has 1 fully saturated rings. The summed E-state index contributed by atoms with van der Waals surface area (Å²) in [7, 11) is 0. The van der Waals surface area contributed by atoms with Crippen molar-refractivity contribution in [3.63, 3.8) is 0 Å². The lowest BCUT2D eigenvalue weighted by Crippen LogP contribution is -2.34. The normalized spacial score (nSPS) is 26.2. The molecule has 1 aromatic rings. The lowest BCUT2D eigenvalue weighted by atomic mass is 9.95. The zero-order valence-electron chi connectivity index (χ0n) is 8.73. The molecular weight excluding hydrogens is 190 g/mol. The lowest BCUT2D eigenvalue weighted by Gasteiger charge is -2.28. The van der Waals surface area contributed by atoms with Crippen molar-refractivity contribution in [2.75, 3.05) is 5.73 Å². The maximum Gasteiger partial charge on any atom is 0.124 e. The van der Waals surface area contributed by atoms with Crippen LogP contribution in [-0.2, 0) is 0 Å². The number of ether oxygens (including phenoxy) is 1. The van der Waals surface area contributed by atoms with Gasteiger partial charge in [-0.05, 0) is 43.5 Å². The number of aliphatic hydroxyl groups excluding tert-OH is 1. The van der Waals surface area contributed by atoms with Gasteiger partial charge in [-0.25, -0.2) is 0 Å². The maximum absolute atomic E-state index is 9.74. The molecule has 1 aliphatic rings. The Labute approximate surface area is 89.9 Å². The molecule has 0 aromatic heterocycles. The fourth-order valence-electron chi connectivity index (χ4n) is 1.94. The van der Waals surface area contributed by atoms with Gasteiger partial charge in [-0.15, -0.1) is 0 Å². The number of nitrogens with two attached hydrogens (primary N) is 1. The van der Waals surface area contributed by atoms with E-state index in [0.29, 0.717) is 0 Å². The molecule has 0 radical (unpaired) electrons. The number of hydrogen-bond donors (Lipinski definition) is 2. The minimum Gasteiger partial charge on any atom is -0.488 e. The number of anilines is 1. The minimum absolute atomic E-state index is 0.0534. The molecule has 3 heteroatoms. The van der Waals surface area contributed by atoms with Crippen LogP contribution in [0.3, 0.4) is 0 Å². The summed E-state index contributed by atoms with van der Waals surface area (Å²) in [5.41, 5.74) is 6.31. The number of benzene rings is 1. The van der Waals surface area contributed by atoms with Gasteiger partial charge in [0.15, 0.2) is 0 Å². The van der Waals surface area contributed by atoms with Gasteiger partial charge < -0.3 is 15.6 Å². The number of rotatable bonds is 2. The van der Waals surface area contributed by atoms with Crippen LogP contribution < -0.4 is 10.5 Å². The molecule has 15 heavy (non-hydrogen) atoms. The van der Waals surface area contributed by atoms with E-state index >= 15 is 0 Å². The summed E-state index contributed by atoms with van der Waals surface area (Å²) in [4.78, 5) is 0. The Morgan fingerprint density at radius 3 is 2.47 bits per heavy atom. The Hall–Kier alpha value is -1.22. The second-order valence-corrected chi connectivity index (χ2v) is 4.08. The Morgan fingerprint density at radius 2 is 1.80 bits per heavy atom. The van der Waals surface area contributed by atoms with E-state index in [1.807, 2.05) is 24.3 Å². The summed E-state index contributed by atoms with van der Waals surface area (Å²) in [5.74, 6) is 0.787. The van der Waals surface area contributed by atoms with Crippen LogP contribution in [0.25, 0.3) is 0 Å². The van der Waals surface area contributed by atoms with Crippen LogP contribution in [0.5, 0.6) is 5.75 Å². The Balaban J connectivity index is 1.98. The molecule has 2 rings (SSSR count). The molecule has 1 saturated carbocycles. The first-order valence-electron chi connectivity index (χ1n) is 5.46. The van der Waals surface area contributed by atoms with E-state index < -0.39 is 0 Å². The molecular formula is C12H17NO2. The van der Waals surface area contributed by atoms with Gasteiger partial charge in [0.05, 0.1) is 6.10 Å². The van der Waals surface area contributed by atoms with Crippen LogP contribution in [0, 0.1) is 0 Å². The zero-order chi connectivity index (χ0) is 10.7. The van der Waals surface area contributed by atoms with Gasteiger partial charge in [-0.3, -0.25) is 0 Å². The van der Waals surface area contributed by atoms with Gasteiger partial charge in [0.2, 0.25) is 0 Å². The van der Waals surface area contributed by atoms with Crippen molar-refractivity contribution < 1.29 is 9.84 Å². The molecule has 0 spiro atoms. The average Bonchev–Trinajstić information content (AvgIpc) is 2.25. The second kappa shape index (κ2) is 4.53. The molecule has 0 aliphatic heterocycles.